The van der Waals surface area contributed by atoms with Gasteiger partial charge in [0.05, 0.1) is 66.1 Å². The maximum Gasteiger partial charge on any atom is 0.409 e. The molecule has 1 N–H and O–H groups in total. The molecule has 254 valence electrons. The topological polar surface area (TPSA) is 114 Å². The lowest BCUT2D eigenvalue weighted by Crippen LogP contribution is -2.32. The second-order valence-electron chi connectivity index (χ2n) is 10.8. The number of anilines is 1. The van der Waals surface area contributed by atoms with Crippen LogP contribution in [0, 0.1) is 0 Å². The van der Waals surface area contributed by atoms with Crippen LogP contribution >= 0.6 is 0 Å². The van der Waals surface area contributed by atoms with Gasteiger partial charge in [-0.2, -0.15) is 0 Å². The number of fused-ring (bicyclic) bond motifs is 3. The molecule has 11 nitrogen and oxygen atoms in total. The van der Waals surface area contributed by atoms with E-state index < -0.39 is 0 Å². The molecule has 4 rings (SSSR count). The molecule has 0 heterocycles. The van der Waals surface area contributed by atoms with Gasteiger partial charge in [-0.1, -0.05) is 48.5 Å². The smallest absolute Gasteiger partial charge is 0.409 e. The second kappa shape index (κ2) is 20.3. The molecule has 0 saturated carbocycles. The summed E-state index contributed by atoms with van der Waals surface area (Å²) in [6.07, 6.45) is -0.366. The van der Waals surface area contributed by atoms with Gasteiger partial charge in [0, 0.05) is 32.1 Å². The van der Waals surface area contributed by atoms with Gasteiger partial charge >= 0.3 is 6.09 Å². The van der Waals surface area contributed by atoms with Gasteiger partial charge in [-0.25, -0.2) is 4.79 Å². The number of carbonyl (C=O) groups excluding carboxylic acids is 2. The van der Waals surface area contributed by atoms with Crippen LogP contribution < -0.4 is 10.1 Å². The van der Waals surface area contributed by atoms with Crippen LogP contribution in [0.1, 0.15) is 24.0 Å². The van der Waals surface area contributed by atoms with Crippen molar-refractivity contribution in [3.8, 4) is 16.9 Å². The zero-order valence-electron chi connectivity index (χ0n) is 27.3. The zero-order chi connectivity index (χ0) is 33.1. The zero-order valence-corrected chi connectivity index (χ0v) is 27.3. The number of hydrogen-bond acceptors (Lipinski definition) is 9. The number of hydrogen-bond donors (Lipinski definition) is 1. The van der Waals surface area contributed by atoms with E-state index >= 15 is 0 Å². The van der Waals surface area contributed by atoms with Crippen molar-refractivity contribution in [2.45, 2.75) is 12.8 Å². The first kappa shape index (κ1) is 35.8. The van der Waals surface area contributed by atoms with E-state index in [4.69, 9.17) is 33.2 Å². The van der Waals surface area contributed by atoms with Crippen molar-refractivity contribution in [3.05, 3.63) is 83.9 Å². The van der Waals surface area contributed by atoms with Crippen molar-refractivity contribution < 1.29 is 42.7 Å². The molecule has 0 aromatic heterocycles. The lowest BCUT2D eigenvalue weighted by molar-refractivity contribution is -0.114. The second-order valence-corrected chi connectivity index (χ2v) is 10.8. The molecule has 11 heteroatoms. The summed E-state index contributed by atoms with van der Waals surface area (Å²) in [4.78, 5) is 25.2. The molecule has 0 atom stereocenters. The van der Waals surface area contributed by atoms with Crippen LogP contribution in [0.3, 0.4) is 0 Å². The van der Waals surface area contributed by atoms with Crippen LogP contribution in [0.5, 0.6) is 5.75 Å². The Morgan fingerprint density at radius 1 is 0.638 bits per heavy atom. The Hall–Kier alpha value is -4.00. The Kier molecular flexibility index (Phi) is 15.5. The molecule has 2 amide bonds. The molecule has 1 aliphatic carbocycles. The Morgan fingerprint density at radius 3 is 1.62 bits per heavy atom. The maximum atomic E-state index is 12.6. The van der Waals surface area contributed by atoms with Gasteiger partial charge in [0.25, 0.3) is 0 Å². The fourth-order valence-corrected chi connectivity index (χ4v) is 5.03. The number of nitrogens with one attached hydrogen (secondary N) is 1. The lowest BCUT2D eigenvalue weighted by Gasteiger charge is -2.19. The summed E-state index contributed by atoms with van der Waals surface area (Å²) in [5.41, 5.74) is 5.52. The van der Waals surface area contributed by atoms with Gasteiger partial charge in [-0.05, 0) is 46.5 Å². The summed E-state index contributed by atoms with van der Waals surface area (Å²) in [5.74, 6) is 0.639. The highest BCUT2D eigenvalue weighted by atomic mass is 16.6. The number of likely N-dealkylation sites (N-methyl/N-ethyl adjacent to an activating group) is 1. The Balaban J connectivity index is 0.903. The van der Waals surface area contributed by atoms with Gasteiger partial charge in [0.2, 0.25) is 5.91 Å². The minimum Gasteiger partial charge on any atom is -0.491 e. The van der Waals surface area contributed by atoms with Gasteiger partial charge in [0.1, 0.15) is 19.0 Å². The number of amides is 2. The Bertz CT molecular complexity index is 1320. The number of carbonyl (C=O) groups is 2. The predicted octanol–water partition coefficient (Wildman–Crippen LogP) is 4.99. The highest BCUT2D eigenvalue weighted by Gasteiger charge is 2.29. The summed E-state index contributed by atoms with van der Waals surface area (Å²) in [7, 11) is 1.71. The first-order chi connectivity index (χ1) is 23.0. The molecule has 0 aliphatic heterocycles. The largest absolute Gasteiger partial charge is 0.491 e. The Morgan fingerprint density at radius 2 is 1.11 bits per heavy atom. The fourth-order valence-electron chi connectivity index (χ4n) is 5.03. The van der Waals surface area contributed by atoms with Crippen molar-refractivity contribution >= 4 is 17.7 Å². The average molecular weight is 651 g/mol. The van der Waals surface area contributed by atoms with E-state index in [1.165, 1.54) is 34.1 Å². The van der Waals surface area contributed by atoms with Gasteiger partial charge in [-0.15, -0.1) is 0 Å². The van der Waals surface area contributed by atoms with Gasteiger partial charge < -0.3 is 43.4 Å². The molecule has 47 heavy (non-hydrogen) atoms. The predicted molar refractivity (Wildman–Crippen MR) is 178 cm³/mol. The van der Waals surface area contributed by atoms with Crippen molar-refractivity contribution in [2.75, 3.05) is 98.2 Å². The van der Waals surface area contributed by atoms with E-state index in [0.29, 0.717) is 91.6 Å². The van der Waals surface area contributed by atoms with Crippen molar-refractivity contribution in [1.82, 2.24) is 4.90 Å². The molecular formula is C36H46N2O9. The third-order valence-corrected chi connectivity index (χ3v) is 7.38. The first-order valence-electron chi connectivity index (χ1n) is 16.0. The molecular weight excluding hydrogens is 604 g/mol. The minimum absolute atomic E-state index is 0.0385. The lowest BCUT2D eigenvalue weighted by atomic mass is 9.98. The van der Waals surface area contributed by atoms with Gasteiger partial charge in [-0.3, -0.25) is 4.79 Å². The SMILES string of the molecule is CC(=O)Nc1ccc(OCCOCCOCCOCCOCCOCCN(C)C(=O)OCC2c3ccccc3-c3ccccc32)cc1. The average Bonchev–Trinajstić information content (AvgIpc) is 3.40. The fraction of sp³-hybridized carbons (Fsp3) is 0.444. The summed E-state index contributed by atoms with van der Waals surface area (Å²) in [5, 5.41) is 2.71. The van der Waals surface area contributed by atoms with E-state index in [2.05, 4.69) is 29.6 Å². The number of rotatable bonds is 22. The summed E-state index contributed by atoms with van der Waals surface area (Å²) in [6, 6.07) is 23.7. The molecule has 1 aliphatic rings. The third kappa shape index (κ3) is 12.3. The van der Waals surface area contributed by atoms with Crippen molar-refractivity contribution in [2.24, 2.45) is 0 Å². The van der Waals surface area contributed by atoms with E-state index in [1.54, 1.807) is 31.3 Å². The minimum atomic E-state index is -0.366. The van der Waals surface area contributed by atoms with Crippen LogP contribution in [0.15, 0.2) is 72.8 Å². The molecule has 0 saturated heterocycles. The molecule has 3 aromatic carbocycles. The van der Waals surface area contributed by atoms with E-state index in [-0.39, 0.29) is 17.9 Å². The van der Waals surface area contributed by atoms with E-state index in [0.717, 1.165) is 5.69 Å². The first-order valence-corrected chi connectivity index (χ1v) is 16.0. The van der Waals surface area contributed by atoms with Crippen LogP contribution in [-0.4, -0.2) is 110 Å². The van der Waals surface area contributed by atoms with Gasteiger partial charge in [0.15, 0.2) is 0 Å². The molecule has 0 bridgehead atoms. The van der Waals surface area contributed by atoms with Crippen LogP contribution in [0.2, 0.25) is 0 Å². The molecule has 0 unspecified atom stereocenters. The van der Waals surface area contributed by atoms with Crippen LogP contribution in [-0.2, 0) is 33.2 Å². The Labute approximate surface area is 277 Å². The molecule has 3 aromatic rings. The maximum absolute atomic E-state index is 12.6. The quantitative estimate of drug-likeness (QED) is 0.150. The summed E-state index contributed by atoms with van der Waals surface area (Å²) < 4.78 is 38.9. The molecule has 0 fully saturated rings. The van der Waals surface area contributed by atoms with Crippen molar-refractivity contribution in [3.63, 3.8) is 0 Å². The summed E-state index contributed by atoms with van der Waals surface area (Å²) >= 11 is 0. The van der Waals surface area contributed by atoms with E-state index in [9.17, 15) is 9.59 Å². The van der Waals surface area contributed by atoms with Crippen molar-refractivity contribution in [1.29, 1.82) is 0 Å². The highest BCUT2D eigenvalue weighted by Crippen LogP contribution is 2.44. The third-order valence-electron chi connectivity index (χ3n) is 7.38. The number of ether oxygens (including phenoxy) is 7. The normalized spacial score (nSPS) is 12.0. The monoisotopic (exact) mass is 650 g/mol. The molecule has 0 spiro atoms. The molecule has 0 radical (unpaired) electrons. The summed E-state index contributed by atoms with van der Waals surface area (Å²) in [6.45, 7) is 7.13. The van der Waals surface area contributed by atoms with E-state index in [1.807, 2.05) is 24.3 Å². The number of benzene rings is 3. The van der Waals surface area contributed by atoms with Crippen LogP contribution in [0.25, 0.3) is 11.1 Å². The standard InChI is InChI=1S/C36H46N2O9/c1-28(39)37-29-11-13-30(14-12-29)46-26-25-45-24-23-44-22-21-43-20-19-42-18-17-41-16-15-38(2)36(40)47-27-35-33-9-5-3-7-31(33)32-8-4-6-10-34(32)35/h3-14,35H,15-27H2,1-2H3,(H,37,39). The highest BCUT2D eigenvalue weighted by molar-refractivity contribution is 5.88. The van der Waals surface area contributed by atoms with Crippen LogP contribution in [0.4, 0.5) is 10.5 Å². The number of nitrogens with zero attached hydrogens (tertiary/aromatic N) is 1.